The first-order valence-corrected chi connectivity index (χ1v) is 3.58. The molecule has 0 saturated heterocycles. The molecule has 0 spiro atoms. The van der Waals surface area contributed by atoms with E-state index in [2.05, 4.69) is 27.1 Å². The van der Waals surface area contributed by atoms with Crippen molar-refractivity contribution in [2.75, 3.05) is 27.2 Å². The molecule has 1 heterocycles. The van der Waals surface area contributed by atoms with Crippen molar-refractivity contribution < 1.29 is 21.5 Å². The van der Waals surface area contributed by atoms with Crippen molar-refractivity contribution in [3.63, 3.8) is 0 Å². The number of quaternary nitrogens is 1. The van der Waals surface area contributed by atoms with E-state index in [1.165, 1.54) is 19.5 Å². The van der Waals surface area contributed by atoms with Gasteiger partial charge in [-0.1, -0.05) is 5.57 Å². The van der Waals surface area contributed by atoms with Crippen LogP contribution in [0.25, 0.3) is 0 Å². The predicted molar refractivity (Wildman–Crippen MR) is 40.2 cm³/mol. The van der Waals surface area contributed by atoms with Gasteiger partial charge in [0.1, 0.15) is 0 Å². The van der Waals surface area contributed by atoms with Gasteiger partial charge in [-0.2, -0.15) is 0 Å². The first kappa shape index (κ1) is 10.2. The van der Waals surface area contributed by atoms with Gasteiger partial charge < -0.3 is 21.5 Å². The molecule has 0 aromatic carbocycles. The Balaban J connectivity index is 0.000000810. The molecule has 1 aliphatic heterocycles. The average molecular weight is 206 g/mol. The molecule has 0 unspecified atom stereocenters. The lowest BCUT2D eigenvalue weighted by molar-refractivity contribution is -0.885. The molecule has 2 heteroatoms. The SMILES string of the molecule is CC1=CC[N+](C)(C)CC1.[Br-]. The summed E-state index contributed by atoms with van der Waals surface area (Å²) < 4.78 is 1.16. The van der Waals surface area contributed by atoms with E-state index in [0.29, 0.717) is 0 Å². The van der Waals surface area contributed by atoms with Crippen LogP contribution in [0.4, 0.5) is 0 Å². The minimum Gasteiger partial charge on any atom is -1.00 e. The minimum atomic E-state index is 0. The van der Waals surface area contributed by atoms with Gasteiger partial charge in [-0.3, -0.25) is 0 Å². The van der Waals surface area contributed by atoms with Crippen LogP contribution in [-0.4, -0.2) is 31.7 Å². The molecule has 0 aromatic rings. The Bertz CT molecular complexity index is 138. The van der Waals surface area contributed by atoms with E-state index in [-0.39, 0.29) is 17.0 Å². The second-order valence-electron chi connectivity index (χ2n) is 3.64. The maximum atomic E-state index is 2.35. The quantitative estimate of drug-likeness (QED) is 0.331. The maximum Gasteiger partial charge on any atom is 0.0972 e. The molecule has 1 rings (SSSR count). The lowest BCUT2D eigenvalue weighted by atomic mass is 10.1. The summed E-state index contributed by atoms with van der Waals surface area (Å²) in [6.45, 7) is 4.74. The summed E-state index contributed by atoms with van der Waals surface area (Å²) in [6, 6.07) is 0. The smallest absolute Gasteiger partial charge is 0.0972 e. The summed E-state index contributed by atoms with van der Waals surface area (Å²) in [5.74, 6) is 0. The number of rotatable bonds is 0. The number of hydrogen-bond donors (Lipinski definition) is 0. The lowest BCUT2D eigenvalue weighted by Gasteiger charge is -2.31. The van der Waals surface area contributed by atoms with Gasteiger partial charge >= 0.3 is 0 Å². The predicted octanol–water partition coefficient (Wildman–Crippen LogP) is -1.58. The number of halogens is 1. The third-order valence-corrected chi connectivity index (χ3v) is 2.05. The van der Waals surface area contributed by atoms with Crippen LogP contribution in [0, 0.1) is 0 Å². The molecule has 10 heavy (non-hydrogen) atoms. The van der Waals surface area contributed by atoms with E-state index >= 15 is 0 Å². The highest BCUT2D eigenvalue weighted by atomic mass is 79.9. The Labute approximate surface area is 74.1 Å². The van der Waals surface area contributed by atoms with Crippen LogP contribution in [0.1, 0.15) is 13.3 Å². The zero-order valence-corrected chi connectivity index (χ0v) is 8.61. The largest absolute Gasteiger partial charge is 1.00 e. The number of likely N-dealkylation sites (N-methyl/N-ethyl adjacent to an activating group) is 1. The highest BCUT2D eigenvalue weighted by Gasteiger charge is 2.16. The summed E-state index contributed by atoms with van der Waals surface area (Å²) >= 11 is 0. The molecule has 1 nitrogen and oxygen atoms in total. The molecule has 0 fully saturated rings. The molecule has 0 aliphatic carbocycles. The van der Waals surface area contributed by atoms with Crippen molar-refractivity contribution in [1.29, 1.82) is 0 Å². The van der Waals surface area contributed by atoms with Crippen LogP contribution in [0.3, 0.4) is 0 Å². The van der Waals surface area contributed by atoms with Crippen molar-refractivity contribution in [3.05, 3.63) is 11.6 Å². The Morgan fingerprint density at radius 2 is 2.00 bits per heavy atom. The van der Waals surface area contributed by atoms with Crippen molar-refractivity contribution in [1.82, 2.24) is 0 Å². The topological polar surface area (TPSA) is 0 Å². The number of nitrogens with zero attached hydrogens (tertiary/aromatic N) is 1. The molecule has 0 aromatic heterocycles. The van der Waals surface area contributed by atoms with Gasteiger partial charge in [-0.15, -0.1) is 0 Å². The third-order valence-electron chi connectivity index (χ3n) is 2.05. The van der Waals surface area contributed by atoms with Crippen LogP contribution >= 0.6 is 0 Å². The fourth-order valence-corrected chi connectivity index (χ4v) is 1.08. The van der Waals surface area contributed by atoms with Crippen LogP contribution in [0.5, 0.6) is 0 Å². The van der Waals surface area contributed by atoms with Crippen molar-refractivity contribution in [2.24, 2.45) is 0 Å². The average Bonchev–Trinajstić information content (AvgIpc) is 1.78. The van der Waals surface area contributed by atoms with Gasteiger partial charge in [-0.05, 0) is 13.0 Å². The maximum absolute atomic E-state index is 2.35. The van der Waals surface area contributed by atoms with Gasteiger partial charge in [0, 0.05) is 6.42 Å². The van der Waals surface area contributed by atoms with Crippen LogP contribution in [0.2, 0.25) is 0 Å². The second kappa shape index (κ2) is 3.54. The van der Waals surface area contributed by atoms with Gasteiger partial charge in [0.25, 0.3) is 0 Å². The normalized spacial score (nSPS) is 22.9. The van der Waals surface area contributed by atoms with E-state index in [0.717, 1.165) is 4.48 Å². The van der Waals surface area contributed by atoms with Crippen LogP contribution < -0.4 is 17.0 Å². The van der Waals surface area contributed by atoms with Gasteiger partial charge in [-0.25, -0.2) is 0 Å². The Morgan fingerprint density at radius 3 is 2.30 bits per heavy atom. The zero-order chi connectivity index (χ0) is 6.91. The van der Waals surface area contributed by atoms with E-state index in [1.807, 2.05) is 0 Å². The summed E-state index contributed by atoms with van der Waals surface area (Å²) in [7, 11) is 4.56. The summed E-state index contributed by atoms with van der Waals surface area (Å²) in [5.41, 5.74) is 1.56. The molecule has 0 amide bonds. The third kappa shape index (κ3) is 2.84. The van der Waals surface area contributed by atoms with Crippen molar-refractivity contribution in [3.8, 4) is 0 Å². The van der Waals surface area contributed by atoms with Gasteiger partial charge in [0.15, 0.2) is 0 Å². The molecule has 0 saturated carbocycles. The summed E-state index contributed by atoms with van der Waals surface area (Å²) in [5, 5.41) is 0. The zero-order valence-electron chi connectivity index (χ0n) is 7.02. The van der Waals surface area contributed by atoms with Gasteiger partial charge in [0.2, 0.25) is 0 Å². The van der Waals surface area contributed by atoms with Gasteiger partial charge in [0.05, 0.1) is 27.2 Å². The minimum absolute atomic E-state index is 0. The van der Waals surface area contributed by atoms with Crippen molar-refractivity contribution >= 4 is 0 Å². The van der Waals surface area contributed by atoms with E-state index in [9.17, 15) is 0 Å². The molecular weight excluding hydrogens is 190 g/mol. The summed E-state index contributed by atoms with van der Waals surface area (Å²) in [4.78, 5) is 0. The monoisotopic (exact) mass is 205 g/mol. The molecule has 0 N–H and O–H groups in total. The fourth-order valence-electron chi connectivity index (χ4n) is 1.08. The van der Waals surface area contributed by atoms with E-state index in [4.69, 9.17) is 0 Å². The second-order valence-corrected chi connectivity index (χ2v) is 3.64. The summed E-state index contributed by atoms with van der Waals surface area (Å²) in [6.07, 6.45) is 3.64. The molecule has 1 aliphatic rings. The highest BCUT2D eigenvalue weighted by Crippen LogP contribution is 2.12. The van der Waals surface area contributed by atoms with Crippen molar-refractivity contribution in [2.45, 2.75) is 13.3 Å². The van der Waals surface area contributed by atoms with E-state index < -0.39 is 0 Å². The Hall–Kier alpha value is 0.180. The Kier molecular flexibility index (Phi) is 3.60. The molecule has 0 radical (unpaired) electrons. The first-order valence-electron chi connectivity index (χ1n) is 3.58. The first-order chi connectivity index (χ1) is 4.10. The molecule has 0 atom stereocenters. The fraction of sp³-hybridized carbons (Fsp3) is 0.750. The standard InChI is InChI=1S/C8H16N.BrH/c1-8-4-6-9(2,3)7-5-8;/h4H,5-7H2,1-3H3;1H/q+1;/p-1. The molecular formula is C8H16BrN. The Morgan fingerprint density at radius 1 is 1.40 bits per heavy atom. The van der Waals surface area contributed by atoms with Crippen LogP contribution in [0.15, 0.2) is 11.6 Å². The van der Waals surface area contributed by atoms with Crippen LogP contribution in [-0.2, 0) is 0 Å². The number of hydrogen-bond acceptors (Lipinski definition) is 0. The van der Waals surface area contributed by atoms with E-state index in [1.54, 1.807) is 5.57 Å². The molecule has 60 valence electrons. The highest BCUT2D eigenvalue weighted by molar-refractivity contribution is 5.00. The lowest BCUT2D eigenvalue weighted by Crippen LogP contribution is -3.00. The molecule has 0 bridgehead atoms.